The summed E-state index contributed by atoms with van der Waals surface area (Å²) in [6.07, 6.45) is 2.70. The van der Waals surface area contributed by atoms with E-state index < -0.39 is 0 Å². The molecule has 0 unspecified atom stereocenters. The standard InChI is InChI=1S/C15H21N3O/c1-12(2)7-9-19-10-8-16-15-13-5-3-4-6-14(13)17-11-18-15/h3-6,11-12H,7-10H2,1-2H3,(H,16,17,18). The summed E-state index contributed by atoms with van der Waals surface area (Å²) in [5, 5.41) is 4.35. The third-order valence-corrected chi connectivity index (χ3v) is 2.92. The summed E-state index contributed by atoms with van der Waals surface area (Å²) in [6, 6.07) is 7.99. The van der Waals surface area contributed by atoms with Crippen molar-refractivity contribution in [3.05, 3.63) is 30.6 Å². The number of para-hydroxylation sites is 1. The van der Waals surface area contributed by atoms with E-state index in [1.807, 2.05) is 24.3 Å². The van der Waals surface area contributed by atoms with Crippen LogP contribution in [0.4, 0.5) is 5.82 Å². The van der Waals surface area contributed by atoms with Crippen LogP contribution in [0.25, 0.3) is 10.9 Å². The number of benzene rings is 1. The molecule has 4 nitrogen and oxygen atoms in total. The number of anilines is 1. The van der Waals surface area contributed by atoms with Crippen LogP contribution >= 0.6 is 0 Å². The highest BCUT2D eigenvalue weighted by molar-refractivity contribution is 5.88. The van der Waals surface area contributed by atoms with Gasteiger partial charge < -0.3 is 10.1 Å². The zero-order valence-electron chi connectivity index (χ0n) is 11.6. The van der Waals surface area contributed by atoms with Gasteiger partial charge in [0.15, 0.2) is 0 Å². The molecule has 0 bridgehead atoms. The first-order valence-corrected chi connectivity index (χ1v) is 6.78. The summed E-state index contributed by atoms with van der Waals surface area (Å²) in [5.41, 5.74) is 0.959. The van der Waals surface area contributed by atoms with Gasteiger partial charge in [-0.1, -0.05) is 26.0 Å². The normalized spacial score (nSPS) is 11.1. The van der Waals surface area contributed by atoms with Crippen LogP contribution in [0, 0.1) is 5.92 Å². The molecule has 2 aromatic rings. The first-order valence-electron chi connectivity index (χ1n) is 6.78. The molecule has 0 radical (unpaired) electrons. The quantitative estimate of drug-likeness (QED) is 0.776. The molecular formula is C15H21N3O. The summed E-state index contributed by atoms with van der Waals surface area (Å²) < 4.78 is 5.57. The fourth-order valence-corrected chi connectivity index (χ4v) is 1.81. The Morgan fingerprint density at radius 1 is 1.16 bits per heavy atom. The van der Waals surface area contributed by atoms with E-state index in [0.29, 0.717) is 12.5 Å². The van der Waals surface area contributed by atoms with E-state index in [4.69, 9.17) is 4.74 Å². The first kappa shape index (κ1) is 13.7. The van der Waals surface area contributed by atoms with Crippen LogP contribution in [0.2, 0.25) is 0 Å². The largest absolute Gasteiger partial charge is 0.380 e. The second kappa shape index (κ2) is 7.04. The molecule has 0 atom stereocenters. The van der Waals surface area contributed by atoms with E-state index in [-0.39, 0.29) is 0 Å². The maximum Gasteiger partial charge on any atom is 0.137 e. The molecule has 1 N–H and O–H groups in total. The van der Waals surface area contributed by atoms with Crippen LogP contribution in [0.1, 0.15) is 20.3 Å². The van der Waals surface area contributed by atoms with Crippen LogP contribution in [0.3, 0.4) is 0 Å². The maximum absolute atomic E-state index is 5.57. The van der Waals surface area contributed by atoms with Gasteiger partial charge in [-0.25, -0.2) is 9.97 Å². The molecule has 0 saturated heterocycles. The van der Waals surface area contributed by atoms with E-state index >= 15 is 0 Å². The Labute approximate surface area is 114 Å². The average Bonchev–Trinajstić information content (AvgIpc) is 2.42. The Morgan fingerprint density at radius 2 is 2.00 bits per heavy atom. The van der Waals surface area contributed by atoms with Gasteiger partial charge in [0.05, 0.1) is 12.1 Å². The number of fused-ring (bicyclic) bond motifs is 1. The lowest BCUT2D eigenvalue weighted by atomic mass is 10.1. The van der Waals surface area contributed by atoms with Crippen LogP contribution < -0.4 is 5.32 Å². The Bertz CT molecular complexity index is 508. The van der Waals surface area contributed by atoms with Gasteiger partial charge in [-0.15, -0.1) is 0 Å². The molecule has 0 aliphatic carbocycles. The van der Waals surface area contributed by atoms with Crippen molar-refractivity contribution in [3.63, 3.8) is 0 Å². The molecule has 0 saturated carbocycles. The molecule has 1 aromatic carbocycles. The van der Waals surface area contributed by atoms with Crippen molar-refractivity contribution in [3.8, 4) is 0 Å². The summed E-state index contributed by atoms with van der Waals surface area (Å²) in [4.78, 5) is 8.51. The van der Waals surface area contributed by atoms with E-state index in [1.165, 1.54) is 0 Å². The second-order valence-corrected chi connectivity index (χ2v) is 4.96. The molecule has 1 heterocycles. The minimum Gasteiger partial charge on any atom is -0.380 e. The minimum atomic E-state index is 0.693. The van der Waals surface area contributed by atoms with Crippen molar-refractivity contribution < 1.29 is 4.74 Å². The van der Waals surface area contributed by atoms with Crippen molar-refractivity contribution in [2.24, 2.45) is 5.92 Å². The third-order valence-electron chi connectivity index (χ3n) is 2.92. The van der Waals surface area contributed by atoms with Gasteiger partial charge in [0.25, 0.3) is 0 Å². The highest BCUT2D eigenvalue weighted by atomic mass is 16.5. The smallest absolute Gasteiger partial charge is 0.137 e. The molecule has 102 valence electrons. The van der Waals surface area contributed by atoms with Crippen LogP contribution in [-0.2, 0) is 4.74 Å². The summed E-state index contributed by atoms with van der Waals surface area (Å²) in [6.45, 7) is 6.69. The Morgan fingerprint density at radius 3 is 2.84 bits per heavy atom. The summed E-state index contributed by atoms with van der Waals surface area (Å²) >= 11 is 0. The van der Waals surface area contributed by atoms with Gasteiger partial charge in [0.1, 0.15) is 12.1 Å². The third kappa shape index (κ3) is 4.17. The topological polar surface area (TPSA) is 47.0 Å². The zero-order chi connectivity index (χ0) is 13.5. The minimum absolute atomic E-state index is 0.693. The molecule has 1 aromatic heterocycles. The van der Waals surface area contributed by atoms with Crippen molar-refractivity contribution >= 4 is 16.7 Å². The molecule has 19 heavy (non-hydrogen) atoms. The number of aromatic nitrogens is 2. The number of nitrogens with zero attached hydrogens (tertiary/aromatic N) is 2. The monoisotopic (exact) mass is 259 g/mol. The Balaban J connectivity index is 1.82. The van der Waals surface area contributed by atoms with E-state index in [0.717, 1.165) is 36.3 Å². The zero-order valence-corrected chi connectivity index (χ0v) is 11.6. The van der Waals surface area contributed by atoms with E-state index in [9.17, 15) is 0 Å². The van der Waals surface area contributed by atoms with Crippen molar-refractivity contribution in [1.82, 2.24) is 9.97 Å². The van der Waals surface area contributed by atoms with Gasteiger partial charge in [-0.3, -0.25) is 0 Å². The van der Waals surface area contributed by atoms with E-state index in [1.54, 1.807) is 6.33 Å². The molecule has 0 amide bonds. The van der Waals surface area contributed by atoms with Crippen molar-refractivity contribution in [2.45, 2.75) is 20.3 Å². The molecule has 0 aliphatic heterocycles. The molecule has 2 rings (SSSR count). The second-order valence-electron chi connectivity index (χ2n) is 4.96. The lowest BCUT2D eigenvalue weighted by molar-refractivity contribution is 0.132. The predicted molar refractivity (Wildman–Crippen MR) is 78.3 cm³/mol. The van der Waals surface area contributed by atoms with Crippen molar-refractivity contribution in [2.75, 3.05) is 25.1 Å². The molecule has 0 aliphatic rings. The average molecular weight is 259 g/mol. The summed E-state index contributed by atoms with van der Waals surface area (Å²) in [5.74, 6) is 1.57. The fourth-order valence-electron chi connectivity index (χ4n) is 1.81. The Kier molecular flexibility index (Phi) is 5.10. The number of ether oxygens (including phenoxy) is 1. The first-order chi connectivity index (χ1) is 9.27. The van der Waals surface area contributed by atoms with Gasteiger partial charge in [-0.05, 0) is 24.5 Å². The SMILES string of the molecule is CC(C)CCOCCNc1ncnc2ccccc12. The van der Waals surface area contributed by atoms with Gasteiger partial charge in [0.2, 0.25) is 0 Å². The summed E-state index contributed by atoms with van der Waals surface area (Å²) in [7, 11) is 0. The lowest BCUT2D eigenvalue weighted by Crippen LogP contribution is -2.12. The van der Waals surface area contributed by atoms with Gasteiger partial charge >= 0.3 is 0 Å². The van der Waals surface area contributed by atoms with Crippen molar-refractivity contribution in [1.29, 1.82) is 0 Å². The van der Waals surface area contributed by atoms with Crippen LogP contribution in [-0.4, -0.2) is 29.7 Å². The number of hydrogen-bond acceptors (Lipinski definition) is 4. The highest BCUT2D eigenvalue weighted by Crippen LogP contribution is 2.17. The molecule has 4 heteroatoms. The number of rotatable bonds is 7. The fraction of sp³-hybridized carbons (Fsp3) is 0.467. The lowest BCUT2D eigenvalue weighted by Gasteiger charge is -2.09. The Hall–Kier alpha value is -1.68. The number of hydrogen-bond donors (Lipinski definition) is 1. The van der Waals surface area contributed by atoms with Gasteiger partial charge in [-0.2, -0.15) is 0 Å². The molecule has 0 spiro atoms. The molecular weight excluding hydrogens is 238 g/mol. The predicted octanol–water partition coefficient (Wildman–Crippen LogP) is 3.10. The maximum atomic E-state index is 5.57. The highest BCUT2D eigenvalue weighted by Gasteiger charge is 2.01. The van der Waals surface area contributed by atoms with Crippen LogP contribution in [0.5, 0.6) is 0 Å². The van der Waals surface area contributed by atoms with E-state index in [2.05, 4.69) is 29.1 Å². The molecule has 0 fully saturated rings. The van der Waals surface area contributed by atoms with Gasteiger partial charge in [0, 0.05) is 18.5 Å². The van der Waals surface area contributed by atoms with Crippen LogP contribution in [0.15, 0.2) is 30.6 Å². The number of nitrogens with one attached hydrogen (secondary N) is 1.